The third-order valence-electron chi connectivity index (χ3n) is 3.44. The van der Waals surface area contributed by atoms with Gasteiger partial charge in [0.2, 0.25) is 11.8 Å². The topological polar surface area (TPSA) is 68.0 Å². The lowest BCUT2D eigenvalue weighted by Gasteiger charge is -2.01. The molecule has 2 aromatic carbocycles. The number of rotatable bonds is 6. The Kier molecular flexibility index (Phi) is 5.28. The summed E-state index contributed by atoms with van der Waals surface area (Å²) in [6.07, 6.45) is 2.85. The molecule has 0 saturated carbocycles. The van der Waals surface area contributed by atoms with Crippen LogP contribution in [-0.4, -0.2) is 22.4 Å². The average molecular weight is 339 g/mol. The van der Waals surface area contributed by atoms with E-state index in [9.17, 15) is 4.79 Å². The van der Waals surface area contributed by atoms with Gasteiger partial charge in [0.15, 0.2) is 0 Å². The number of carbonyl (C=O) groups excluding carboxylic acids is 1. The van der Waals surface area contributed by atoms with Gasteiger partial charge in [0.25, 0.3) is 0 Å². The molecule has 0 bridgehead atoms. The number of anilines is 1. The standard InChI is InChI=1S/C18H17N3O2S/c1-24-15-9-7-14(8-10-15)12-17-20-21-18(23-17)19-16(22)11-13-5-3-2-4-6-13/h2-10H,11-12H2,1H3,(H,19,21,22). The molecule has 24 heavy (non-hydrogen) atoms. The third kappa shape index (κ3) is 4.45. The maximum atomic E-state index is 12.0. The number of aromatic nitrogens is 2. The van der Waals surface area contributed by atoms with Crippen LogP contribution in [0.1, 0.15) is 17.0 Å². The number of nitrogens with one attached hydrogen (secondary N) is 1. The van der Waals surface area contributed by atoms with Crippen molar-refractivity contribution in [2.75, 3.05) is 11.6 Å². The molecule has 0 atom stereocenters. The van der Waals surface area contributed by atoms with Gasteiger partial charge >= 0.3 is 6.01 Å². The lowest BCUT2D eigenvalue weighted by atomic mass is 10.1. The number of hydrogen-bond acceptors (Lipinski definition) is 5. The predicted octanol–water partition coefficient (Wildman–Crippen LogP) is 3.56. The monoisotopic (exact) mass is 339 g/mol. The number of amides is 1. The van der Waals surface area contributed by atoms with Crippen molar-refractivity contribution in [2.24, 2.45) is 0 Å². The normalized spacial score (nSPS) is 10.5. The van der Waals surface area contributed by atoms with Gasteiger partial charge in [0.05, 0.1) is 12.8 Å². The molecule has 0 saturated heterocycles. The highest BCUT2D eigenvalue weighted by Gasteiger charge is 2.11. The molecule has 0 spiro atoms. The highest BCUT2D eigenvalue weighted by atomic mass is 32.2. The van der Waals surface area contributed by atoms with E-state index in [-0.39, 0.29) is 18.3 Å². The highest BCUT2D eigenvalue weighted by molar-refractivity contribution is 7.98. The van der Waals surface area contributed by atoms with Crippen molar-refractivity contribution in [1.29, 1.82) is 0 Å². The number of benzene rings is 2. The Morgan fingerprint density at radius 1 is 1.04 bits per heavy atom. The van der Waals surface area contributed by atoms with Crippen LogP contribution in [-0.2, 0) is 17.6 Å². The van der Waals surface area contributed by atoms with Crippen LogP contribution in [0.3, 0.4) is 0 Å². The number of nitrogens with zero attached hydrogens (tertiary/aromatic N) is 2. The molecule has 3 aromatic rings. The van der Waals surface area contributed by atoms with E-state index in [1.807, 2.05) is 48.7 Å². The van der Waals surface area contributed by atoms with Gasteiger partial charge in [-0.25, -0.2) is 0 Å². The smallest absolute Gasteiger partial charge is 0.322 e. The van der Waals surface area contributed by atoms with Crippen molar-refractivity contribution < 1.29 is 9.21 Å². The summed E-state index contributed by atoms with van der Waals surface area (Å²) in [5.74, 6) is 0.294. The van der Waals surface area contributed by atoms with Crippen LogP contribution < -0.4 is 5.32 Å². The molecule has 1 N–H and O–H groups in total. The van der Waals surface area contributed by atoms with E-state index in [4.69, 9.17) is 4.42 Å². The van der Waals surface area contributed by atoms with Gasteiger partial charge in [-0.2, -0.15) is 0 Å². The van der Waals surface area contributed by atoms with Gasteiger partial charge in [0.1, 0.15) is 0 Å². The Balaban J connectivity index is 1.57. The zero-order valence-corrected chi connectivity index (χ0v) is 14.0. The maximum absolute atomic E-state index is 12.0. The number of thioether (sulfide) groups is 1. The lowest BCUT2D eigenvalue weighted by Crippen LogP contribution is -2.14. The fourth-order valence-electron chi connectivity index (χ4n) is 2.24. The summed E-state index contributed by atoms with van der Waals surface area (Å²) in [5.41, 5.74) is 2.02. The van der Waals surface area contributed by atoms with Crippen LogP contribution in [0.5, 0.6) is 0 Å². The van der Waals surface area contributed by atoms with E-state index in [1.165, 1.54) is 4.90 Å². The summed E-state index contributed by atoms with van der Waals surface area (Å²) in [4.78, 5) is 13.2. The molecule has 1 aromatic heterocycles. The second-order valence-electron chi connectivity index (χ2n) is 5.24. The Hall–Kier alpha value is -2.60. The summed E-state index contributed by atoms with van der Waals surface area (Å²) >= 11 is 1.70. The van der Waals surface area contributed by atoms with Gasteiger partial charge < -0.3 is 4.42 Å². The minimum atomic E-state index is -0.180. The first kappa shape index (κ1) is 16.3. The molecule has 0 aliphatic carbocycles. The summed E-state index contributed by atoms with van der Waals surface area (Å²) in [6.45, 7) is 0. The predicted molar refractivity (Wildman–Crippen MR) is 94.1 cm³/mol. The summed E-state index contributed by atoms with van der Waals surface area (Å²) in [6, 6.07) is 17.8. The first-order chi connectivity index (χ1) is 11.7. The van der Waals surface area contributed by atoms with Crippen LogP contribution in [0.4, 0.5) is 6.01 Å². The van der Waals surface area contributed by atoms with Crippen LogP contribution in [0, 0.1) is 0 Å². The quantitative estimate of drug-likeness (QED) is 0.696. The zero-order chi connectivity index (χ0) is 16.8. The zero-order valence-electron chi connectivity index (χ0n) is 13.2. The van der Waals surface area contributed by atoms with Crippen LogP contribution in [0.25, 0.3) is 0 Å². The molecule has 1 amide bonds. The van der Waals surface area contributed by atoms with E-state index in [0.717, 1.165) is 11.1 Å². The second kappa shape index (κ2) is 7.79. The van der Waals surface area contributed by atoms with Crippen molar-refractivity contribution >= 4 is 23.7 Å². The Bertz CT molecular complexity index is 801. The van der Waals surface area contributed by atoms with Crippen molar-refractivity contribution in [1.82, 2.24) is 10.2 Å². The van der Waals surface area contributed by atoms with Crippen molar-refractivity contribution in [3.63, 3.8) is 0 Å². The SMILES string of the molecule is CSc1ccc(Cc2nnc(NC(=O)Cc3ccccc3)o2)cc1. The Labute approximate surface area is 144 Å². The van der Waals surface area contributed by atoms with Gasteiger partial charge in [-0.15, -0.1) is 16.9 Å². The summed E-state index contributed by atoms with van der Waals surface area (Å²) in [5, 5.41) is 10.5. The van der Waals surface area contributed by atoms with Crippen molar-refractivity contribution in [2.45, 2.75) is 17.7 Å². The second-order valence-corrected chi connectivity index (χ2v) is 6.12. The van der Waals surface area contributed by atoms with Crippen LogP contribution in [0.15, 0.2) is 63.9 Å². The average Bonchev–Trinajstić information content (AvgIpc) is 3.03. The molecular weight excluding hydrogens is 322 g/mol. The van der Waals surface area contributed by atoms with Gasteiger partial charge in [0, 0.05) is 4.90 Å². The molecule has 1 heterocycles. The van der Waals surface area contributed by atoms with E-state index in [1.54, 1.807) is 11.8 Å². The van der Waals surface area contributed by atoms with Gasteiger partial charge in [-0.3, -0.25) is 10.1 Å². The first-order valence-corrected chi connectivity index (χ1v) is 8.74. The van der Waals surface area contributed by atoms with Crippen LogP contribution in [0.2, 0.25) is 0 Å². The van der Waals surface area contributed by atoms with E-state index in [2.05, 4.69) is 27.6 Å². The first-order valence-electron chi connectivity index (χ1n) is 7.52. The van der Waals surface area contributed by atoms with E-state index >= 15 is 0 Å². The Morgan fingerprint density at radius 3 is 2.50 bits per heavy atom. The summed E-state index contributed by atoms with van der Waals surface area (Å²) in [7, 11) is 0. The van der Waals surface area contributed by atoms with E-state index in [0.29, 0.717) is 12.3 Å². The molecule has 0 fully saturated rings. The fourth-order valence-corrected chi connectivity index (χ4v) is 2.65. The summed E-state index contributed by atoms with van der Waals surface area (Å²) < 4.78 is 5.49. The van der Waals surface area contributed by atoms with Crippen LogP contribution >= 0.6 is 11.8 Å². The molecule has 3 rings (SSSR count). The largest absolute Gasteiger partial charge is 0.407 e. The van der Waals surface area contributed by atoms with Crippen molar-refractivity contribution in [3.05, 3.63) is 71.6 Å². The maximum Gasteiger partial charge on any atom is 0.322 e. The molecule has 122 valence electrons. The molecular formula is C18H17N3O2S. The Morgan fingerprint density at radius 2 is 1.79 bits per heavy atom. The lowest BCUT2D eigenvalue weighted by molar-refractivity contribution is -0.115. The fraction of sp³-hybridized carbons (Fsp3) is 0.167. The van der Waals surface area contributed by atoms with Gasteiger partial charge in [-0.1, -0.05) is 47.6 Å². The molecule has 5 nitrogen and oxygen atoms in total. The number of hydrogen-bond donors (Lipinski definition) is 1. The minimum absolute atomic E-state index is 0.131. The third-order valence-corrected chi connectivity index (χ3v) is 4.18. The minimum Gasteiger partial charge on any atom is -0.407 e. The van der Waals surface area contributed by atoms with Gasteiger partial charge in [-0.05, 0) is 29.5 Å². The molecule has 0 radical (unpaired) electrons. The number of carbonyl (C=O) groups is 1. The van der Waals surface area contributed by atoms with E-state index < -0.39 is 0 Å². The molecule has 6 heteroatoms. The molecule has 0 aliphatic rings. The van der Waals surface area contributed by atoms with Crippen molar-refractivity contribution in [3.8, 4) is 0 Å². The highest BCUT2D eigenvalue weighted by Crippen LogP contribution is 2.17. The molecule has 0 aliphatic heterocycles. The molecule has 0 unspecified atom stereocenters.